The first-order valence-electron chi connectivity index (χ1n) is 5.71. The van der Waals surface area contributed by atoms with Gasteiger partial charge in [-0.25, -0.2) is 0 Å². The molecule has 0 fully saturated rings. The molecule has 0 unspecified atom stereocenters. The van der Waals surface area contributed by atoms with Crippen LogP contribution in [0.3, 0.4) is 0 Å². The normalized spacial score (nSPS) is 10.3. The average molecular weight is 245 g/mol. The van der Waals surface area contributed by atoms with Gasteiger partial charge in [-0.1, -0.05) is 23.4 Å². The molecule has 94 valence electrons. The van der Waals surface area contributed by atoms with E-state index in [0.717, 1.165) is 11.3 Å². The molecule has 0 spiro atoms. The number of nitrogens with one attached hydrogen (secondary N) is 1. The molecule has 2 rings (SSSR count). The molecule has 2 aromatic rings. The summed E-state index contributed by atoms with van der Waals surface area (Å²) in [7, 11) is 0. The maximum atomic E-state index is 11.8. The smallest absolute Gasteiger partial charge is 0.226 e. The van der Waals surface area contributed by atoms with Crippen molar-refractivity contribution in [1.82, 2.24) is 15.0 Å². The van der Waals surface area contributed by atoms with Crippen molar-refractivity contribution in [1.29, 1.82) is 0 Å². The number of hydrogen-bond donors (Lipinski definition) is 2. The fraction of sp³-hybridized carbons (Fsp3) is 0.250. The third kappa shape index (κ3) is 3.14. The number of hydrogen-bond acceptors (Lipinski definition) is 4. The van der Waals surface area contributed by atoms with Gasteiger partial charge < -0.3 is 11.1 Å². The van der Waals surface area contributed by atoms with Crippen LogP contribution < -0.4 is 11.1 Å². The van der Waals surface area contributed by atoms with E-state index in [4.69, 9.17) is 5.73 Å². The third-order valence-corrected chi connectivity index (χ3v) is 2.55. The van der Waals surface area contributed by atoms with E-state index in [1.807, 2.05) is 24.3 Å². The molecule has 0 radical (unpaired) electrons. The highest BCUT2D eigenvalue weighted by Crippen LogP contribution is 2.14. The van der Waals surface area contributed by atoms with Crippen LogP contribution in [0.15, 0.2) is 36.7 Å². The van der Waals surface area contributed by atoms with Crippen molar-refractivity contribution < 1.29 is 4.79 Å². The summed E-state index contributed by atoms with van der Waals surface area (Å²) in [5, 5.41) is 10.3. The molecule has 3 N–H and O–H groups in total. The van der Waals surface area contributed by atoms with E-state index in [0.29, 0.717) is 19.5 Å². The number of benzene rings is 1. The lowest BCUT2D eigenvalue weighted by Crippen LogP contribution is -2.16. The number of aromatic nitrogens is 3. The minimum absolute atomic E-state index is 0.0635. The van der Waals surface area contributed by atoms with E-state index >= 15 is 0 Å². The predicted molar refractivity (Wildman–Crippen MR) is 67.6 cm³/mol. The van der Waals surface area contributed by atoms with Gasteiger partial charge >= 0.3 is 0 Å². The number of amides is 1. The predicted octanol–water partition coefficient (Wildman–Crippen LogP) is 0.766. The van der Waals surface area contributed by atoms with Gasteiger partial charge in [-0.2, -0.15) is 0 Å². The lowest BCUT2D eigenvalue weighted by molar-refractivity contribution is -0.116. The number of nitrogens with zero attached hydrogens (tertiary/aromatic N) is 3. The second kappa shape index (κ2) is 5.92. The fourth-order valence-electron chi connectivity index (χ4n) is 1.60. The quantitative estimate of drug-likeness (QED) is 0.814. The summed E-state index contributed by atoms with van der Waals surface area (Å²) in [6.07, 6.45) is 3.66. The Morgan fingerprint density at radius 2 is 2.22 bits per heavy atom. The molecular weight excluding hydrogens is 230 g/mol. The molecule has 1 aromatic carbocycles. The van der Waals surface area contributed by atoms with Crippen molar-refractivity contribution >= 4 is 11.6 Å². The molecule has 0 bridgehead atoms. The van der Waals surface area contributed by atoms with Crippen LogP contribution in [0, 0.1) is 0 Å². The summed E-state index contributed by atoms with van der Waals surface area (Å²) in [6, 6.07) is 7.50. The molecule has 18 heavy (non-hydrogen) atoms. The minimum Gasteiger partial charge on any atom is -0.326 e. The van der Waals surface area contributed by atoms with E-state index in [2.05, 4.69) is 15.6 Å². The topological polar surface area (TPSA) is 85.8 Å². The summed E-state index contributed by atoms with van der Waals surface area (Å²) in [5.74, 6) is -0.0635. The maximum Gasteiger partial charge on any atom is 0.226 e. The zero-order chi connectivity index (χ0) is 12.8. The molecule has 6 heteroatoms. The zero-order valence-corrected chi connectivity index (χ0v) is 9.91. The summed E-state index contributed by atoms with van der Waals surface area (Å²) in [4.78, 5) is 11.8. The number of anilines is 1. The highest BCUT2D eigenvalue weighted by molar-refractivity contribution is 5.91. The Morgan fingerprint density at radius 3 is 2.94 bits per heavy atom. The van der Waals surface area contributed by atoms with Gasteiger partial charge in [0.25, 0.3) is 0 Å². The average Bonchev–Trinajstić information content (AvgIpc) is 2.90. The fourth-order valence-corrected chi connectivity index (χ4v) is 1.60. The number of para-hydroxylation sites is 1. The van der Waals surface area contributed by atoms with Crippen LogP contribution >= 0.6 is 0 Å². The van der Waals surface area contributed by atoms with Crippen molar-refractivity contribution in [3.63, 3.8) is 0 Å². The van der Waals surface area contributed by atoms with Crippen LogP contribution in [0.25, 0.3) is 0 Å². The van der Waals surface area contributed by atoms with Crippen LogP contribution in [-0.4, -0.2) is 20.9 Å². The van der Waals surface area contributed by atoms with Gasteiger partial charge in [0.15, 0.2) is 0 Å². The molecule has 0 atom stereocenters. The van der Waals surface area contributed by atoms with Crippen LogP contribution in [0.4, 0.5) is 5.69 Å². The Morgan fingerprint density at radius 1 is 1.39 bits per heavy atom. The Labute approximate surface area is 105 Å². The molecule has 0 saturated carbocycles. The van der Waals surface area contributed by atoms with Crippen molar-refractivity contribution in [2.75, 3.05) is 5.32 Å². The Balaban J connectivity index is 1.90. The lowest BCUT2D eigenvalue weighted by Gasteiger charge is -2.09. The lowest BCUT2D eigenvalue weighted by atomic mass is 10.2. The number of carbonyl (C=O) groups excluding carboxylic acids is 1. The van der Waals surface area contributed by atoms with Gasteiger partial charge in [0.2, 0.25) is 5.91 Å². The van der Waals surface area contributed by atoms with Crippen molar-refractivity contribution in [2.24, 2.45) is 5.73 Å². The van der Waals surface area contributed by atoms with Crippen molar-refractivity contribution in [3.05, 3.63) is 42.2 Å². The number of aryl methyl sites for hydroxylation is 1. The standard InChI is InChI=1S/C12H15N5O/c13-9-10-3-1-2-4-11(10)15-12(18)5-7-17-8-6-14-16-17/h1-4,6,8H,5,7,9,13H2,(H,15,18). The van der Waals surface area contributed by atoms with Gasteiger partial charge in [0.1, 0.15) is 0 Å². The van der Waals surface area contributed by atoms with E-state index in [-0.39, 0.29) is 5.91 Å². The second-order valence-corrected chi connectivity index (χ2v) is 3.83. The van der Waals surface area contributed by atoms with Crippen LogP contribution in [-0.2, 0) is 17.9 Å². The Hall–Kier alpha value is -2.21. The molecule has 0 aliphatic rings. The van der Waals surface area contributed by atoms with E-state index in [1.54, 1.807) is 17.1 Å². The summed E-state index contributed by atoms with van der Waals surface area (Å²) in [6.45, 7) is 0.913. The Kier molecular flexibility index (Phi) is 4.03. The molecule has 0 aliphatic carbocycles. The van der Waals surface area contributed by atoms with E-state index in [9.17, 15) is 4.79 Å². The van der Waals surface area contributed by atoms with Crippen molar-refractivity contribution in [3.8, 4) is 0 Å². The second-order valence-electron chi connectivity index (χ2n) is 3.83. The Bertz CT molecular complexity index is 509. The van der Waals surface area contributed by atoms with Gasteiger partial charge in [-0.3, -0.25) is 9.48 Å². The number of nitrogens with two attached hydrogens (primary N) is 1. The third-order valence-electron chi connectivity index (χ3n) is 2.55. The van der Waals surface area contributed by atoms with Gasteiger partial charge in [-0.05, 0) is 11.6 Å². The molecule has 1 heterocycles. The highest BCUT2D eigenvalue weighted by Gasteiger charge is 2.05. The van der Waals surface area contributed by atoms with Gasteiger partial charge in [-0.15, -0.1) is 5.10 Å². The molecule has 0 aliphatic heterocycles. The highest BCUT2D eigenvalue weighted by atomic mass is 16.1. The van der Waals surface area contributed by atoms with Crippen LogP contribution in [0.1, 0.15) is 12.0 Å². The van der Waals surface area contributed by atoms with Gasteiger partial charge in [0.05, 0.1) is 12.7 Å². The van der Waals surface area contributed by atoms with E-state index in [1.165, 1.54) is 0 Å². The molecule has 1 aromatic heterocycles. The first-order chi connectivity index (χ1) is 8.79. The van der Waals surface area contributed by atoms with Crippen molar-refractivity contribution in [2.45, 2.75) is 19.5 Å². The molecular formula is C12H15N5O. The largest absolute Gasteiger partial charge is 0.326 e. The number of carbonyl (C=O) groups is 1. The van der Waals surface area contributed by atoms with Gasteiger partial charge in [0, 0.05) is 24.8 Å². The zero-order valence-electron chi connectivity index (χ0n) is 9.91. The van der Waals surface area contributed by atoms with Crippen LogP contribution in [0.5, 0.6) is 0 Å². The molecule has 6 nitrogen and oxygen atoms in total. The molecule has 1 amide bonds. The van der Waals surface area contributed by atoms with Crippen LogP contribution in [0.2, 0.25) is 0 Å². The van der Waals surface area contributed by atoms with E-state index < -0.39 is 0 Å². The SMILES string of the molecule is NCc1ccccc1NC(=O)CCn1ccnn1. The molecule has 0 saturated heterocycles. The monoisotopic (exact) mass is 245 g/mol. The summed E-state index contributed by atoms with van der Waals surface area (Å²) < 4.78 is 1.62. The summed E-state index contributed by atoms with van der Waals surface area (Å²) in [5.41, 5.74) is 7.29. The number of rotatable bonds is 5. The summed E-state index contributed by atoms with van der Waals surface area (Å²) >= 11 is 0. The minimum atomic E-state index is -0.0635. The first-order valence-corrected chi connectivity index (χ1v) is 5.71. The first kappa shape index (κ1) is 12.3. The maximum absolute atomic E-state index is 11.8.